The van der Waals surface area contributed by atoms with E-state index in [2.05, 4.69) is 10.1 Å². The maximum absolute atomic E-state index is 12.2. The summed E-state index contributed by atoms with van der Waals surface area (Å²) in [7, 11) is -5.84. The number of rotatable bonds is 2. The van der Waals surface area contributed by atoms with Crippen LogP contribution in [-0.2, 0) is 20.5 Å². The zero-order chi connectivity index (χ0) is 28.9. The molecule has 0 bridgehead atoms. The van der Waals surface area contributed by atoms with Crippen LogP contribution in [0.1, 0.15) is 16.7 Å². The molecule has 4 N–H and O–H groups in total. The van der Waals surface area contributed by atoms with Crippen molar-refractivity contribution in [1.29, 1.82) is 0 Å². The van der Waals surface area contributed by atoms with E-state index in [1.165, 1.54) is 12.1 Å². The molecule has 1 amide bonds. The summed E-state index contributed by atoms with van der Waals surface area (Å²) in [5.74, 6) is -0.749. The molecule has 4 rings (SSSR count). The molecule has 206 valence electrons. The molecule has 1 unspecified atom stereocenters. The molecule has 0 spiro atoms. The molecule has 0 aromatic heterocycles. The highest BCUT2D eigenvalue weighted by molar-refractivity contribution is 7.86. The number of para-hydroxylation sites is 2. The van der Waals surface area contributed by atoms with Gasteiger partial charge in [0.05, 0.1) is 5.69 Å². The first-order valence-electron chi connectivity index (χ1n) is 10.1. The summed E-state index contributed by atoms with van der Waals surface area (Å²) < 4.78 is 97.9. The summed E-state index contributed by atoms with van der Waals surface area (Å²) in [5, 5.41) is 22.1. The first-order chi connectivity index (χ1) is 17.4. The number of benzene rings is 3. The van der Waals surface area contributed by atoms with E-state index in [0.29, 0.717) is 17.0 Å². The van der Waals surface area contributed by atoms with Crippen LogP contribution in [0.25, 0.3) is 0 Å². The van der Waals surface area contributed by atoms with Gasteiger partial charge >= 0.3 is 22.0 Å². The summed E-state index contributed by atoms with van der Waals surface area (Å²) in [4.78, 5) is 12.2. The highest BCUT2D eigenvalue weighted by atomic mass is 32.2. The number of ether oxygens (including phenoxy) is 1. The molecule has 1 aliphatic rings. The highest BCUT2D eigenvalue weighted by Crippen LogP contribution is 2.42. The Labute approximate surface area is 211 Å². The number of aromatic hydroxyl groups is 1. The number of amides is 1. The second-order valence-corrected chi connectivity index (χ2v) is 8.90. The summed E-state index contributed by atoms with van der Waals surface area (Å²) in [6.45, 7) is 1.78. The highest BCUT2D eigenvalue weighted by Gasteiger charge is 2.47. The number of hydrogen-bond acceptors (Lipinski definition) is 6. The van der Waals surface area contributed by atoms with Gasteiger partial charge in [0, 0.05) is 5.56 Å². The molecular weight excluding hydrogens is 548 g/mol. The summed E-state index contributed by atoms with van der Waals surface area (Å²) in [6, 6.07) is 18.4. The maximum atomic E-state index is 12.2. The van der Waals surface area contributed by atoms with Gasteiger partial charge in [-0.1, -0.05) is 48.5 Å². The van der Waals surface area contributed by atoms with Gasteiger partial charge in [0.25, 0.3) is 5.91 Å². The van der Waals surface area contributed by atoms with Gasteiger partial charge in [-0.2, -0.15) is 21.6 Å². The summed E-state index contributed by atoms with van der Waals surface area (Å²) in [6.07, 6.45) is -4.80. The Hall–Kier alpha value is -3.82. The molecule has 1 atom stereocenters. The van der Waals surface area contributed by atoms with Crippen molar-refractivity contribution in [3.63, 3.8) is 0 Å². The number of alkyl halides is 6. The lowest BCUT2D eigenvalue weighted by Gasteiger charge is -2.22. The number of phenolic OH excluding ortho intramolecular Hbond substituents is 1. The minimum atomic E-state index is -5.84. The standard InChI is InChI=1S/C16H12F3NO3.C6H6O.CHF3O3S/c1-9-3-2-4-12-13(9)20-14(21)15(12,22)10-5-7-11(8-6-10)23-16(17,18)19;7-6-4-2-1-3-5-6;2-1(3,4)8(5,6)7/h2-8,22H,1H3,(H,20,21);1-5,7H;(H,5,6,7). The molecule has 3 aromatic carbocycles. The maximum Gasteiger partial charge on any atom is 0.573 e. The van der Waals surface area contributed by atoms with Gasteiger partial charge in [-0.3, -0.25) is 9.35 Å². The van der Waals surface area contributed by atoms with E-state index in [0.717, 1.165) is 17.7 Å². The largest absolute Gasteiger partial charge is 0.573 e. The lowest BCUT2D eigenvalue weighted by Crippen LogP contribution is -2.35. The molecular formula is C23H19F6NO7S. The number of aryl methyl sites for hydroxylation is 1. The molecule has 0 saturated heterocycles. The van der Waals surface area contributed by atoms with Crippen LogP contribution in [0.4, 0.5) is 32.0 Å². The molecule has 38 heavy (non-hydrogen) atoms. The first kappa shape index (κ1) is 30.4. The van der Waals surface area contributed by atoms with Crippen molar-refractivity contribution in [2.24, 2.45) is 0 Å². The topological polar surface area (TPSA) is 133 Å². The van der Waals surface area contributed by atoms with Gasteiger partial charge in [0.1, 0.15) is 11.5 Å². The normalized spacial score (nSPS) is 16.7. The van der Waals surface area contributed by atoms with Crippen LogP contribution in [0.3, 0.4) is 0 Å². The van der Waals surface area contributed by atoms with Crippen molar-refractivity contribution < 1.29 is 59.1 Å². The second-order valence-electron chi connectivity index (χ2n) is 7.49. The van der Waals surface area contributed by atoms with Crippen LogP contribution in [0.15, 0.2) is 72.8 Å². The van der Waals surface area contributed by atoms with Crippen LogP contribution in [-0.4, -0.2) is 41.0 Å². The van der Waals surface area contributed by atoms with Crippen molar-refractivity contribution in [3.8, 4) is 11.5 Å². The molecule has 0 aliphatic carbocycles. The number of fused-ring (bicyclic) bond motifs is 1. The van der Waals surface area contributed by atoms with Gasteiger partial charge in [-0.15, -0.1) is 13.2 Å². The Morgan fingerprint density at radius 3 is 1.82 bits per heavy atom. The molecule has 8 nitrogen and oxygen atoms in total. The lowest BCUT2D eigenvalue weighted by atomic mass is 9.87. The quantitative estimate of drug-likeness (QED) is 0.197. The fourth-order valence-corrected chi connectivity index (χ4v) is 3.07. The van der Waals surface area contributed by atoms with E-state index in [1.54, 1.807) is 49.4 Å². The van der Waals surface area contributed by atoms with Crippen molar-refractivity contribution in [2.75, 3.05) is 5.32 Å². The van der Waals surface area contributed by atoms with Gasteiger partial charge in [0.2, 0.25) is 0 Å². The minimum absolute atomic E-state index is 0.161. The summed E-state index contributed by atoms with van der Waals surface area (Å²) in [5.41, 5.74) is -5.66. The number of aliphatic hydroxyl groups is 1. The van der Waals surface area contributed by atoms with Crippen molar-refractivity contribution in [3.05, 3.63) is 89.5 Å². The Morgan fingerprint density at radius 1 is 0.868 bits per heavy atom. The average Bonchev–Trinajstić information content (AvgIpc) is 3.06. The van der Waals surface area contributed by atoms with Gasteiger partial charge in [-0.05, 0) is 42.3 Å². The van der Waals surface area contributed by atoms with Gasteiger partial charge in [-0.25, -0.2) is 0 Å². The fraction of sp³-hybridized carbons (Fsp3) is 0.174. The van der Waals surface area contributed by atoms with E-state index >= 15 is 0 Å². The van der Waals surface area contributed by atoms with Crippen molar-refractivity contribution in [1.82, 2.24) is 0 Å². The molecule has 1 heterocycles. The zero-order valence-corrected chi connectivity index (χ0v) is 19.9. The third-order valence-electron chi connectivity index (χ3n) is 4.78. The van der Waals surface area contributed by atoms with Gasteiger partial charge < -0.3 is 20.3 Å². The smallest absolute Gasteiger partial charge is 0.508 e. The predicted octanol–water partition coefficient (Wildman–Crippen LogP) is 4.87. The number of anilines is 1. The van der Waals surface area contributed by atoms with E-state index in [9.17, 15) is 36.2 Å². The van der Waals surface area contributed by atoms with Crippen LogP contribution in [0, 0.1) is 6.92 Å². The number of carbonyl (C=O) groups is 1. The number of carbonyl (C=O) groups excluding carboxylic acids is 1. The Kier molecular flexibility index (Phi) is 9.03. The Morgan fingerprint density at radius 2 is 1.39 bits per heavy atom. The first-order valence-corrected chi connectivity index (χ1v) is 11.6. The van der Waals surface area contributed by atoms with Crippen molar-refractivity contribution in [2.45, 2.75) is 24.4 Å². The van der Waals surface area contributed by atoms with E-state index in [1.807, 2.05) is 6.07 Å². The second kappa shape index (κ2) is 11.3. The SMILES string of the molecule is Cc1cccc2c1NC(=O)C2(O)c1ccc(OC(F)(F)F)cc1.O=S(=O)(O)C(F)(F)F.Oc1ccccc1. The molecule has 1 aliphatic heterocycles. The lowest BCUT2D eigenvalue weighted by molar-refractivity contribution is -0.274. The van der Waals surface area contributed by atoms with E-state index < -0.39 is 39.2 Å². The summed E-state index contributed by atoms with van der Waals surface area (Å²) >= 11 is 0. The van der Waals surface area contributed by atoms with Crippen molar-refractivity contribution >= 4 is 21.7 Å². The van der Waals surface area contributed by atoms with Crippen LogP contribution < -0.4 is 10.1 Å². The average molecular weight is 567 g/mol. The van der Waals surface area contributed by atoms with E-state index in [-0.39, 0.29) is 5.56 Å². The van der Waals surface area contributed by atoms with Crippen LogP contribution >= 0.6 is 0 Å². The Balaban J connectivity index is 0.000000276. The number of hydrogen-bond donors (Lipinski definition) is 4. The van der Waals surface area contributed by atoms with E-state index in [4.69, 9.17) is 18.1 Å². The molecule has 0 radical (unpaired) electrons. The minimum Gasteiger partial charge on any atom is -0.508 e. The number of nitrogens with one attached hydrogen (secondary N) is 1. The molecule has 3 aromatic rings. The number of halogens is 6. The predicted molar refractivity (Wildman–Crippen MR) is 122 cm³/mol. The molecule has 0 saturated carbocycles. The van der Waals surface area contributed by atoms with Crippen LogP contribution in [0.5, 0.6) is 11.5 Å². The fourth-order valence-electron chi connectivity index (χ4n) is 3.07. The zero-order valence-electron chi connectivity index (χ0n) is 19.1. The third kappa shape index (κ3) is 7.60. The molecule has 0 fully saturated rings. The Bertz CT molecular complexity index is 1360. The third-order valence-corrected chi connectivity index (χ3v) is 5.37. The molecule has 15 heteroatoms. The van der Waals surface area contributed by atoms with Gasteiger partial charge in [0.15, 0.2) is 5.60 Å². The van der Waals surface area contributed by atoms with Crippen LogP contribution in [0.2, 0.25) is 0 Å². The monoisotopic (exact) mass is 567 g/mol. The number of phenols is 1.